The molecule has 0 spiro atoms. The number of nitrogens with one attached hydrogen (secondary N) is 2. The fraction of sp³-hybridized carbons (Fsp3) is 0.167. The van der Waals surface area contributed by atoms with E-state index in [0.29, 0.717) is 33.5 Å². The van der Waals surface area contributed by atoms with Gasteiger partial charge < -0.3 is 21.1 Å². The number of anilines is 4. The number of aryl methyl sites for hydroxylation is 2. The van der Waals surface area contributed by atoms with Crippen molar-refractivity contribution in [3.05, 3.63) is 52.9 Å². The molecule has 1 aromatic carbocycles. The summed E-state index contributed by atoms with van der Waals surface area (Å²) in [6.45, 7) is 1.89. The molecule has 0 aliphatic carbocycles. The van der Waals surface area contributed by atoms with Crippen LogP contribution < -0.4 is 21.1 Å². The van der Waals surface area contributed by atoms with Crippen molar-refractivity contribution in [3.63, 3.8) is 0 Å². The number of hydrogen-bond acceptors (Lipinski definition) is 6. The summed E-state index contributed by atoms with van der Waals surface area (Å²) in [5, 5.41) is 11.0. The maximum atomic E-state index is 11.8. The van der Waals surface area contributed by atoms with Gasteiger partial charge in [-0.25, -0.2) is 4.98 Å². The molecule has 8 nitrogen and oxygen atoms in total. The Morgan fingerprint density at radius 1 is 1.30 bits per heavy atom. The Morgan fingerprint density at radius 3 is 2.70 bits per heavy atom. The van der Waals surface area contributed by atoms with E-state index >= 15 is 0 Å². The van der Waals surface area contributed by atoms with E-state index in [-0.39, 0.29) is 0 Å². The number of rotatable bonds is 6. The van der Waals surface area contributed by atoms with E-state index in [2.05, 4.69) is 20.7 Å². The van der Waals surface area contributed by atoms with Crippen LogP contribution in [0.5, 0.6) is 5.75 Å². The van der Waals surface area contributed by atoms with Crippen LogP contribution in [0.15, 0.2) is 36.7 Å². The standard InChI is InChI=1S/C18H19ClN6O2/c1-10-14(9-25(2)24-10)22-16-7-13(12(19)8-21-16)23-17-11(18(20)26)5-4-6-15(17)27-3/h4-9H,1-3H3,(H2,20,26)(H2,21,22,23). The molecule has 2 heterocycles. The number of nitrogens with zero attached hydrogens (tertiary/aromatic N) is 3. The fourth-order valence-electron chi connectivity index (χ4n) is 2.63. The molecule has 0 unspecified atom stereocenters. The number of carbonyl (C=O) groups is 1. The molecule has 1 amide bonds. The minimum atomic E-state index is -0.578. The smallest absolute Gasteiger partial charge is 0.250 e. The van der Waals surface area contributed by atoms with Gasteiger partial charge in [-0.05, 0) is 19.1 Å². The summed E-state index contributed by atoms with van der Waals surface area (Å²) in [6.07, 6.45) is 3.36. The minimum Gasteiger partial charge on any atom is -0.495 e. The van der Waals surface area contributed by atoms with Crippen LogP contribution in [0.1, 0.15) is 16.1 Å². The van der Waals surface area contributed by atoms with Crippen molar-refractivity contribution in [2.75, 3.05) is 17.7 Å². The Kier molecular flexibility index (Phi) is 5.18. The van der Waals surface area contributed by atoms with Gasteiger partial charge in [-0.1, -0.05) is 17.7 Å². The third-order valence-electron chi connectivity index (χ3n) is 3.90. The Labute approximate surface area is 161 Å². The average molecular weight is 387 g/mol. The van der Waals surface area contributed by atoms with Crippen molar-refractivity contribution in [1.29, 1.82) is 0 Å². The zero-order valence-corrected chi connectivity index (χ0v) is 15.8. The first-order chi connectivity index (χ1) is 12.9. The number of benzene rings is 1. The molecule has 0 radical (unpaired) electrons. The van der Waals surface area contributed by atoms with Crippen LogP contribution in [0.25, 0.3) is 0 Å². The van der Waals surface area contributed by atoms with E-state index in [1.54, 1.807) is 28.9 Å². The summed E-state index contributed by atoms with van der Waals surface area (Å²) in [7, 11) is 3.35. The quantitative estimate of drug-likeness (QED) is 0.599. The summed E-state index contributed by atoms with van der Waals surface area (Å²) in [6, 6.07) is 6.75. The molecule has 4 N–H and O–H groups in total. The Bertz CT molecular complexity index is 1000. The molecule has 0 aliphatic rings. The summed E-state index contributed by atoms with van der Waals surface area (Å²) >= 11 is 6.29. The van der Waals surface area contributed by atoms with Gasteiger partial charge in [-0.15, -0.1) is 0 Å². The van der Waals surface area contributed by atoms with Gasteiger partial charge in [-0.3, -0.25) is 9.48 Å². The van der Waals surface area contributed by atoms with Crippen molar-refractivity contribution >= 4 is 40.4 Å². The van der Waals surface area contributed by atoms with Gasteiger partial charge in [0, 0.05) is 19.3 Å². The lowest BCUT2D eigenvalue weighted by molar-refractivity contribution is 0.100. The van der Waals surface area contributed by atoms with Crippen molar-refractivity contribution in [3.8, 4) is 5.75 Å². The Hall–Kier alpha value is -3.26. The van der Waals surface area contributed by atoms with Crippen LogP contribution in [0.3, 0.4) is 0 Å². The lowest BCUT2D eigenvalue weighted by atomic mass is 10.1. The topological polar surface area (TPSA) is 107 Å². The summed E-state index contributed by atoms with van der Waals surface area (Å²) in [5.41, 5.74) is 8.41. The lowest BCUT2D eigenvalue weighted by Gasteiger charge is -2.16. The molecule has 140 valence electrons. The number of amides is 1. The second-order valence-corrected chi connectivity index (χ2v) is 6.26. The van der Waals surface area contributed by atoms with Crippen LogP contribution in [0, 0.1) is 6.92 Å². The number of methoxy groups -OCH3 is 1. The van der Waals surface area contributed by atoms with E-state index in [1.165, 1.54) is 13.3 Å². The van der Waals surface area contributed by atoms with Gasteiger partial charge in [0.15, 0.2) is 0 Å². The predicted octanol–water partition coefficient (Wildman–Crippen LogP) is 3.37. The third kappa shape index (κ3) is 3.95. The number of hydrogen-bond donors (Lipinski definition) is 3. The SMILES string of the molecule is COc1cccc(C(N)=O)c1Nc1cc(Nc2cn(C)nc2C)ncc1Cl. The number of carbonyl (C=O) groups excluding carboxylic acids is 1. The van der Waals surface area contributed by atoms with Crippen LogP contribution in [0.4, 0.5) is 22.9 Å². The van der Waals surface area contributed by atoms with Gasteiger partial charge in [0.2, 0.25) is 0 Å². The lowest BCUT2D eigenvalue weighted by Crippen LogP contribution is -2.14. The first-order valence-electron chi connectivity index (χ1n) is 8.05. The van der Waals surface area contributed by atoms with Crippen molar-refractivity contribution in [1.82, 2.24) is 14.8 Å². The molecule has 27 heavy (non-hydrogen) atoms. The molecule has 9 heteroatoms. The number of pyridine rings is 1. The van der Waals surface area contributed by atoms with Crippen LogP contribution in [0.2, 0.25) is 5.02 Å². The Balaban J connectivity index is 1.96. The normalized spacial score (nSPS) is 10.5. The summed E-state index contributed by atoms with van der Waals surface area (Å²) in [5.74, 6) is 0.455. The zero-order valence-electron chi connectivity index (χ0n) is 15.1. The van der Waals surface area contributed by atoms with Crippen molar-refractivity contribution in [2.45, 2.75) is 6.92 Å². The highest BCUT2D eigenvalue weighted by molar-refractivity contribution is 6.33. The van der Waals surface area contributed by atoms with E-state index in [1.807, 2.05) is 20.2 Å². The maximum Gasteiger partial charge on any atom is 0.250 e. The van der Waals surface area contributed by atoms with Crippen LogP contribution in [-0.4, -0.2) is 27.8 Å². The van der Waals surface area contributed by atoms with E-state index < -0.39 is 5.91 Å². The molecule has 0 fully saturated rings. The summed E-state index contributed by atoms with van der Waals surface area (Å²) < 4.78 is 7.05. The third-order valence-corrected chi connectivity index (χ3v) is 4.20. The van der Waals surface area contributed by atoms with Gasteiger partial charge in [0.25, 0.3) is 5.91 Å². The largest absolute Gasteiger partial charge is 0.495 e. The fourth-order valence-corrected chi connectivity index (χ4v) is 2.78. The van der Waals surface area contributed by atoms with E-state index in [9.17, 15) is 4.79 Å². The zero-order chi connectivity index (χ0) is 19.6. The molecule has 3 rings (SSSR count). The molecular weight excluding hydrogens is 368 g/mol. The van der Waals surface area contributed by atoms with Gasteiger partial charge in [0.1, 0.15) is 11.6 Å². The molecule has 2 aromatic heterocycles. The highest BCUT2D eigenvalue weighted by atomic mass is 35.5. The molecule has 0 aliphatic heterocycles. The van der Waals surface area contributed by atoms with E-state index in [4.69, 9.17) is 22.1 Å². The van der Waals surface area contributed by atoms with Gasteiger partial charge in [0.05, 0.1) is 46.6 Å². The second-order valence-electron chi connectivity index (χ2n) is 5.85. The maximum absolute atomic E-state index is 11.8. The van der Waals surface area contributed by atoms with Crippen LogP contribution >= 0.6 is 11.6 Å². The number of halogens is 1. The minimum absolute atomic E-state index is 0.292. The monoisotopic (exact) mass is 386 g/mol. The van der Waals surface area contributed by atoms with E-state index in [0.717, 1.165) is 11.4 Å². The number of nitrogens with two attached hydrogens (primary N) is 1. The number of para-hydroxylation sites is 1. The van der Waals surface area contributed by atoms with Gasteiger partial charge in [-0.2, -0.15) is 5.10 Å². The average Bonchev–Trinajstić information content (AvgIpc) is 2.94. The molecule has 0 saturated carbocycles. The van der Waals surface area contributed by atoms with Gasteiger partial charge >= 0.3 is 0 Å². The summed E-state index contributed by atoms with van der Waals surface area (Å²) in [4.78, 5) is 16.1. The van der Waals surface area contributed by atoms with Crippen molar-refractivity contribution in [2.24, 2.45) is 12.8 Å². The highest BCUT2D eigenvalue weighted by Gasteiger charge is 2.15. The Morgan fingerprint density at radius 2 is 2.07 bits per heavy atom. The molecule has 0 bridgehead atoms. The highest BCUT2D eigenvalue weighted by Crippen LogP contribution is 2.35. The number of aromatic nitrogens is 3. The number of primary amides is 1. The van der Waals surface area contributed by atoms with Crippen LogP contribution in [-0.2, 0) is 7.05 Å². The molecule has 0 atom stereocenters. The molecular formula is C18H19ClN6O2. The second kappa shape index (κ2) is 7.55. The molecule has 0 saturated heterocycles. The first kappa shape index (κ1) is 18.5. The number of ether oxygens (including phenoxy) is 1. The first-order valence-corrected chi connectivity index (χ1v) is 8.43. The predicted molar refractivity (Wildman–Crippen MR) is 105 cm³/mol. The van der Waals surface area contributed by atoms with Crippen molar-refractivity contribution < 1.29 is 9.53 Å². The molecule has 3 aromatic rings.